The van der Waals surface area contributed by atoms with Crippen LogP contribution in [0.5, 0.6) is 0 Å². The highest BCUT2D eigenvalue weighted by Crippen LogP contribution is 2.31. The number of amides is 2. The number of hydrogen-bond acceptors (Lipinski definition) is 8. The summed E-state index contributed by atoms with van der Waals surface area (Å²) in [6.45, 7) is 2.71. The first kappa shape index (κ1) is 24.4. The van der Waals surface area contributed by atoms with Crippen LogP contribution in [0.25, 0.3) is 0 Å². The quantitative estimate of drug-likeness (QED) is 0.514. The van der Waals surface area contributed by atoms with Crippen molar-refractivity contribution in [1.82, 2.24) is 25.2 Å². The van der Waals surface area contributed by atoms with Gasteiger partial charge in [0.05, 0.1) is 11.9 Å². The van der Waals surface area contributed by atoms with Gasteiger partial charge in [0.15, 0.2) is 0 Å². The molecule has 0 bridgehead atoms. The molecule has 2 aromatic heterocycles. The molecule has 10 nitrogen and oxygen atoms in total. The molecule has 2 amide bonds. The Hall–Kier alpha value is -3.27. The third-order valence-corrected chi connectivity index (χ3v) is 7.79. The zero-order valence-corrected chi connectivity index (χ0v) is 21.2. The summed E-state index contributed by atoms with van der Waals surface area (Å²) in [7, 11) is 4.25. The fourth-order valence-electron chi connectivity index (χ4n) is 5.58. The molecule has 10 heteroatoms. The van der Waals surface area contributed by atoms with E-state index in [9.17, 15) is 9.59 Å². The zero-order chi connectivity index (χ0) is 25.1. The van der Waals surface area contributed by atoms with E-state index in [1.165, 1.54) is 0 Å². The van der Waals surface area contributed by atoms with Gasteiger partial charge in [0.1, 0.15) is 11.6 Å². The summed E-state index contributed by atoms with van der Waals surface area (Å²) in [4.78, 5) is 44.6. The Bertz CT molecular complexity index is 1070. The summed E-state index contributed by atoms with van der Waals surface area (Å²) in [6.07, 6.45) is 11.1. The Balaban J connectivity index is 1.34. The lowest BCUT2D eigenvalue weighted by molar-refractivity contribution is -0.122. The van der Waals surface area contributed by atoms with Crippen LogP contribution in [0.2, 0.25) is 0 Å². The summed E-state index contributed by atoms with van der Waals surface area (Å²) < 4.78 is 0. The number of rotatable bonds is 9. The van der Waals surface area contributed by atoms with Gasteiger partial charge < -0.3 is 20.4 Å². The van der Waals surface area contributed by atoms with Gasteiger partial charge >= 0.3 is 0 Å². The van der Waals surface area contributed by atoms with E-state index in [0.717, 1.165) is 69.3 Å². The van der Waals surface area contributed by atoms with E-state index >= 15 is 0 Å². The number of nitrogens with zero attached hydrogens (tertiary/aromatic N) is 6. The lowest BCUT2D eigenvalue weighted by Crippen LogP contribution is -2.34. The molecule has 2 aliphatic heterocycles. The van der Waals surface area contributed by atoms with Crippen LogP contribution in [0.3, 0.4) is 0 Å². The van der Waals surface area contributed by atoms with Crippen LogP contribution in [-0.4, -0.2) is 78.0 Å². The molecule has 192 valence electrons. The Morgan fingerprint density at radius 3 is 2.58 bits per heavy atom. The smallest absolute Gasteiger partial charge is 0.230 e. The number of likely N-dealkylation sites (N-methyl/N-ethyl adjacent to an activating group) is 1. The summed E-state index contributed by atoms with van der Waals surface area (Å²) in [5.41, 5.74) is 1.93. The minimum absolute atomic E-state index is 0.0564. The molecule has 2 N–H and O–H groups in total. The molecule has 5 rings (SSSR count). The normalized spacial score (nSPS) is 22.3. The van der Waals surface area contributed by atoms with Crippen LogP contribution in [0.1, 0.15) is 44.1 Å². The van der Waals surface area contributed by atoms with Crippen LogP contribution >= 0.6 is 0 Å². The van der Waals surface area contributed by atoms with Crippen molar-refractivity contribution in [2.24, 2.45) is 5.92 Å². The first-order chi connectivity index (χ1) is 17.5. The predicted molar refractivity (Wildman–Crippen MR) is 139 cm³/mol. The van der Waals surface area contributed by atoms with Crippen molar-refractivity contribution in [3.05, 3.63) is 30.1 Å². The third-order valence-electron chi connectivity index (χ3n) is 7.79. The third kappa shape index (κ3) is 5.28. The average Bonchev–Trinajstić information content (AvgIpc) is 3.65. The van der Waals surface area contributed by atoms with Crippen molar-refractivity contribution < 1.29 is 9.59 Å². The molecule has 36 heavy (non-hydrogen) atoms. The van der Waals surface area contributed by atoms with Crippen molar-refractivity contribution in [2.75, 3.05) is 48.8 Å². The van der Waals surface area contributed by atoms with Gasteiger partial charge in [-0.25, -0.2) is 9.97 Å². The summed E-state index contributed by atoms with van der Waals surface area (Å²) in [5, 5.41) is 6.10. The second-order valence-corrected chi connectivity index (χ2v) is 10.4. The highest BCUT2D eigenvalue weighted by Gasteiger charge is 2.30. The lowest BCUT2D eigenvalue weighted by atomic mass is 9.99. The van der Waals surface area contributed by atoms with Crippen LogP contribution in [0.15, 0.2) is 24.5 Å². The topological polar surface area (TPSA) is 107 Å². The number of aromatic nitrogens is 3. The second-order valence-electron chi connectivity index (χ2n) is 10.4. The lowest BCUT2D eigenvalue weighted by Gasteiger charge is -2.26. The molecule has 0 radical (unpaired) electrons. The highest BCUT2D eigenvalue weighted by molar-refractivity contribution is 5.82. The zero-order valence-electron chi connectivity index (χ0n) is 21.2. The molecular weight excluding hydrogens is 456 g/mol. The van der Waals surface area contributed by atoms with Crippen molar-refractivity contribution in [3.63, 3.8) is 0 Å². The number of nitrogens with one attached hydrogen (secondary N) is 2. The Kier molecular flexibility index (Phi) is 7.31. The minimum Gasteiger partial charge on any atom is -0.369 e. The minimum atomic E-state index is -0.116. The van der Waals surface area contributed by atoms with E-state index in [1.807, 2.05) is 12.3 Å². The molecular formula is C26H36N8O2. The Morgan fingerprint density at radius 2 is 1.94 bits per heavy atom. The van der Waals surface area contributed by atoms with Crippen LogP contribution < -0.4 is 20.4 Å². The molecule has 1 aliphatic carbocycles. The summed E-state index contributed by atoms with van der Waals surface area (Å²) in [5.74, 6) is 1.58. The fraction of sp³-hybridized carbons (Fsp3) is 0.577. The largest absolute Gasteiger partial charge is 0.369 e. The van der Waals surface area contributed by atoms with Crippen LogP contribution in [0, 0.1) is 5.92 Å². The van der Waals surface area contributed by atoms with Crippen molar-refractivity contribution >= 4 is 35.6 Å². The van der Waals surface area contributed by atoms with Gasteiger partial charge in [0.2, 0.25) is 18.3 Å². The van der Waals surface area contributed by atoms with Crippen LogP contribution in [0.4, 0.5) is 23.3 Å². The van der Waals surface area contributed by atoms with E-state index in [-0.39, 0.29) is 17.9 Å². The SMILES string of the molecule is CN(C)[C@H]1CCN(c2ccc(Nc3ncc(C[C@@H]4CCNC4=O)c(N(C=O)C4CCCC4)n3)nc2)C1. The van der Waals surface area contributed by atoms with E-state index < -0.39 is 0 Å². The number of pyridine rings is 1. The van der Waals surface area contributed by atoms with Gasteiger partial charge in [-0.3, -0.25) is 14.5 Å². The molecule has 3 fully saturated rings. The maximum atomic E-state index is 12.2. The maximum absolute atomic E-state index is 12.2. The van der Waals surface area contributed by atoms with Gasteiger partial charge in [-0.2, -0.15) is 4.98 Å². The van der Waals surface area contributed by atoms with Gasteiger partial charge in [-0.1, -0.05) is 12.8 Å². The van der Waals surface area contributed by atoms with E-state index in [1.54, 1.807) is 11.1 Å². The molecule has 0 spiro atoms. The van der Waals surface area contributed by atoms with E-state index in [0.29, 0.717) is 36.6 Å². The predicted octanol–water partition coefficient (Wildman–Crippen LogP) is 2.34. The number of hydrogen-bond donors (Lipinski definition) is 2. The van der Waals surface area contributed by atoms with Gasteiger partial charge in [-0.05, 0) is 58.3 Å². The fourth-order valence-corrected chi connectivity index (χ4v) is 5.58. The summed E-state index contributed by atoms with van der Waals surface area (Å²) in [6, 6.07) is 4.69. The highest BCUT2D eigenvalue weighted by atomic mass is 16.2. The van der Waals surface area contributed by atoms with Gasteiger partial charge in [0, 0.05) is 49.4 Å². The van der Waals surface area contributed by atoms with Crippen molar-refractivity contribution in [3.8, 4) is 0 Å². The van der Waals surface area contributed by atoms with Crippen molar-refractivity contribution in [2.45, 2.75) is 57.0 Å². The van der Waals surface area contributed by atoms with Gasteiger partial charge in [0.25, 0.3) is 0 Å². The molecule has 2 saturated heterocycles. The molecule has 1 saturated carbocycles. The van der Waals surface area contributed by atoms with E-state index in [4.69, 9.17) is 4.98 Å². The molecule has 0 unspecified atom stereocenters. The standard InChI is InChI=1S/C26H36N8O2/c1-32(2)22-10-12-33(16-22)21-7-8-23(28-15-21)30-26-29-14-19(13-18-9-11-27-25(18)36)24(31-26)34(17-35)20-5-3-4-6-20/h7-8,14-15,17-18,20,22H,3-6,9-13,16H2,1-2H3,(H,27,36)(H,28,29,30,31)/t18-,22-/m0/s1. The Labute approximate surface area is 212 Å². The maximum Gasteiger partial charge on any atom is 0.230 e. The molecule has 2 atom stereocenters. The molecule has 0 aromatic carbocycles. The van der Waals surface area contributed by atoms with Gasteiger partial charge in [-0.15, -0.1) is 0 Å². The monoisotopic (exact) mass is 492 g/mol. The number of anilines is 4. The first-order valence-corrected chi connectivity index (χ1v) is 13.0. The van der Waals surface area contributed by atoms with Crippen molar-refractivity contribution in [1.29, 1.82) is 0 Å². The molecule has 2 aromatic rings. The number of carbonyl (C=O) groups excluding carboxylic acids is 2. The Morgan fingerprint density at radius 1 is 1.11 bits per heavy atom. The first-order valence-electron chi connectivity index (χ1n) is 13.0. The molecule has 4 heterocycles. The molecule has 3 aliphatic rings. The van der Waals surface area contributed by atoms with Crippen LogP contribution in [-0.2, 0) is 16.0 Å². The number of carbonyl (C=O) groups is 2. The average molecular weight is 493 g/mol. The van der Waals surface area contributed by atoms with E-state index in [2.05, 4.69) is 50.6 Å². The second kappa shape index (κ2) is 10.8. The summed E-state index contributed by atoms with van der Waals surface area (Å²) >= 11 is 0.